The Morgan fingerprint density at radius 3 is 1.27 bits per heavy atom. The minimum atomic E-state index is -1.26. The number of amides is 1. The third kappa shape index (κ3) is 34.3. The van der Waals surface area contributed by atoms with Gasteiger partial charge in [0.2, 0.25) is 5.91 Å². The average Bonchev–Trinajstić information content (AvgIpc) is 3.13. The first-order valence-corrected chi connectivity index (χ1v) is 22.2. The predicted molar refractivity (Wildman–Crippen MR) is 219 cm³/mol. The van der Waals surface area contributed by atoms with Crippen LogP contribution in [0.25, 0.3) is 0 Å². The van der Waals surface area contributed by atoms with Crippen molar-refractivity contribution in [3.63, 3.8) is 0 Å². The number of nitrogens with one attached hydrogen (secondary N) is 1. The number of unbranched alkanes of at least 4 members (excludes halogenated alkanes) is 27. The zero-order valence-electron chi connectivity index (χ0n) is 33.9. The molecule has 302 valence electrons. The molecule has 0 aliphatic rings. The molecule has 0 aromatic heterocycles. The van der Waals surface area contributed by atoms with E-state index in [2.05, 4.69) is 43.5 Å². The summed E-state index contributed by atoms with van der Waals surface area (Å²) in [5.41, 5.74) is 0. The van der Waals surface area contributed by atoms with Gasteiger partial charge >= 0.3 is 0 Å². The highest BCUT2D eigenvalue weighted by molar-refractivity contribution is 5.80. The fourth-order valence-electron chi connectivity index (χ4n) is 6.85. The summed E-state index contributed by atoms with van der Waals surface area (Å²) in [6.45, 7) is 4.03. The topological polar surface area (TPSA) is 110 Å². The normalized spacial score (nSPS) is 14.4. The molecule has 0 fully saturated rings. The number of hydrogen-bond acceptors (Lipinski definition) is 5. The van der Waals surface area contributed by atoms with Gasteiger partial charge < -0.3 is 25.7 Å². The van der Waals surface area contributed by atoms with Gasteiger partial charge in [0, 0.05) is 0 Å². The summed E-state index contributed by atoms with van der Waals surface area (Å²) in [6.07, 6.45) is 44.9. The van der Waals surface area contributed by atoms with Crippen LogP contribution in [0.15, 0.2) is 24.3 Å². The van der Waals surface area contributed by atoms with Crippen LogP contribution in [-0.2, 0) is 4.79 Å². The van der Waals surface area contributed by atoms with Gasteiger partial charge in [0.1, 0.15) is 12.2 Å². The zero-order chi connectivity index (χ0) is 37.5. The van der Waals surface area contributed by atoms with Crippen LogP contribution in [0.1, 0.15) is 226 Å². The molecular formula is C45H87NO5. The van der Waals surface area contributed by atoms with Crippen LogP contribution in [0.4, 0.5) is 0 Å². The lowest BCUT2D eigenvalue weighted by Crippen LogP contribution is -2.53. The van der Waals surface area contributed by atoms with Crippen molar-refractivity contribution in [1.82, 2.24) is 5.32 Å². The molecule has 0 heterocycles. The average molecular weight is 722 g/mol. The van der Waals surface area contributed by atoms with E-state index in [-0.39, 0.29) is 0 Å². The molecular weight excluding hydrogens is 634 g/mol. The van der Waals surface area contributed by atoms with Crippen molar-refractivity contribution >= 4 is 5.91 Å². The van der Waals surface area contributed by atoms with E-state index in [1.54, 1.807) is 0 Å². The fraction of sp³-hybridized carbons (Fsp3) is 0.889. The van der Waals surface area contributed by atoms with E-state index in [1.165, 1.54) is 141 Å². The van der Waals surface area contributed by atoms with Crippen molar-refractivity contribution in [2.24, 2.45) is 0 Å². The van der Waals surface area contributed by atoms with E-state index >= 15 is 0 Å². The van der Waals surface area contributed by atoms with Gasteiger partial charge in [-0.25, -0.2) is 0 Å². The number of hydrogen-bond donors (Lipinski definition) is 5. The Hall–Kier alpha value is -1.21. The minimum absolute atomic E-state index is 0.358. The molecule has 0 spiro atoms. The Kier molecular flexibility index (Phi) is 39.0. The Balaban J connectivity index is 3.74. The monoisotopic (exact) mass is 722 g/mol. The highest BCUT2D eigenvalue weighted by Crippen LogP contribution is 2.17. The van der Waals surface area contributed by atoms with Crippen LogP contribution in [-0.4, -0.2) is 57.3 Å². The second-order valence-electron chi connectivity index (χ2n) is 15.4. The van der Waals surface area contributed by atoms with E-state index in [0.717, 1.165) is 57.8 Å². The van der Waals surface area contributed by atoms with Gasteiger partial charge in [-0.15, -0.1) is 0 Å². The van der Waals surface area contributed by atoms with E-state index in [0.29, 0.717) is 12.8 Å². The number of allylic oxidation sites excluding steroid dienone is 4. The van der Waals surface area contributed by atoms with E-state index in [1.807, 2.05) is 0 Å². The van der Waals surface area contributed by atoms with Crippen molar-refractivity contribution in [2.75, 3.05) is 6.61 Å². The molecule has 0 bridgehead atoms. The molecule has 6 nitrogen and oxygen atoms in total. The van der Waals surface area contributed by atoms with Gasteiger partial charge in [0.25, 0.3) is 0 Å². The molecule has 4 unspecified atom stereocenters. The van der Waals surface area contributed by atoms with Crippen LogP contribution in [0.3, 0.4) is 0 Å². The van der Waals surface area contributed by atoms with Crippen LogP contribution < -0.4 is 5.32 Å². The Morgan fingerprint density at radius 1 is 0.490 bits per heavy atom. The zero-order valence-corrected chi connectivity index (χ0v) is 33.9. The molecule has 0 saturated heterocycles. The summed E-state index contributed by atoms with van der Waals surface area (Å²) in [4.78, 5) is 12.5. The molecule has 4 atom stereocenters. The second-order valence-corrected chi connectivity index (χ2v) is 15.4. The molecule has 0 radical (unpaired) electrons. The largest absolute Gasteiger partial charge is 0.394 e. The van der Waals surface area contributed by atoms with Crippen LogP contribution >= 0.6 is 0 Å². The summed E-state index contributed by atoms with van der Waals surface area (Å²) < 4.78 is 0. The van der Waals surface area contributed by atoms with E-state index in [9.17, 15) is 25.2 Å². The summed E-state index contributed by atoms with van der Waals surface area (Å²) in [7, 11) is 0. The Bertz CT molecular complexity index is 772. The Morgan fingerprint density at radius 2 is 0.843 bits per heavy atom. The summed E-state index contributed by atoms with van der Waals surface area (Å²) in [5.74, 6) is -0.591. The van der Waals surface area contributed by atoms with E-state index in [4.69, 9.17) is 0 Å². The third-order valence-electron chi connectivity index (χ3n) is 10.4. The summed E-state index contributed by atoms with van der Waals surface area (Å²) >= 11 is 0. The van der Waals surface area contributed by atoms with Crippen molar-refractivity contribution in [2.45, 2.75) is 250 Å². The lowest BCUT2D eigenvalue weighted by Gasteiger charge is -2.27. The number of carbonyl (C=O) groups excluding carboxylic acids is 1. The van der Waals surface area contributed by atoms with Crippen molar-refractivity contribution in [3.8, 4) is 0 Å². The van der Waals surface area contributed by atoms with Gasteiger partial charge in [-0.2, -0.15) is 0 Å². The van der Waals surface area contributed by atoms with Crippen LogP contribution in [0.5, 0.6) is 0 Å². The molecule has 0 aliphatic carbocycles. The van der Waals surface area contributed by atoms with Gasteiger partial charge in [0.15, 0.2) is 0 Å². The molecule has 1 amide bonds. The Labute approximate surface area is 316 Å². The molecule has 0 aromatic rings. The van der Waals surface area contributed by atoms with Crippen molar-refractivity contribution in [1.29, 1.82) is 0 Å². The number of rotatable bonds is 40. The fourth-order valence-corrected chi connectivity index (χ4v) is 6.85. The maximum absolute atomic E-state index is 12.5. The SMILES string of the molecule is CCCCC/C=C\C/C=C\CCCCCCCCC(O)C(=O)NC(CO)C(O)C(O)CCCCCCCCCCCCCCCCCCCCC. The third-order valence-corrected chi connectivity index (χ3v) is 10.4. The second kappa shape index (κ2) is 40.0. The van der Waals surface area contributed by atoms with Crippen molar-refractivity contribution < 1.29 is 25.2 Å². The first-order chi connectivity index (χ1) is 25.0. The maximum atomic E-state index is 12.5. The summed E-state index contributed by atoms with van der Waals surface area (Å²) in [6, 6.07) is -0.988. The number of carbonyl (C=O) groups is 1. The summed E-state index contributed by atoms with van der Waals surface area (Å²) in [5, 5.41) is 43.7. The molecule has 51 heavy (non-hydrogen) atoms. The lowest BCUT2D eigenvalue weighted by atomic mass is 9.99. The van der Waals surface area contributed by atoms with E-state index < -0.39 is 36.9 Å². The minimum Gasteiger partial charge on any atom is -0.394 e. The number of aliphatic hydroxyl groups is 4. The predicted octanol–water partition coefficient (Wildman–Crippen LogP) is 11.6. The molecule has 5 N–H and O–H groups in total. The molecule has 0 saturated carbocycles. The molecule has 0 rings (SSSR count). The quantitative estimate of drug-likeness (QED) is 0.0320. The van der Waals surface area contributed by atoms with Crippen LogP contribution in [0, 0.1) is 0 Å². The highest BCUT2D eigenvalue weighted by atomic mass is 16.3. The standard InChI is InChI=1S/C45H87NO5/c1-3-5-7-9-11-13-15-17-19-21-22-23-25-26-28-30-32-34-36-38-42(48)44(50)41(40-47)46-45(51)43(49)39-37-35-33-31-29-27-24-20-18-16-14-12-10-8-6-4-2/h12,14,18,20,41-44,47-50H,3-11,13,15-17,19,21-40H2,1-2H3,(H,46,51)/b14-12-,20-18-. The number of aliphatic hydroxyl groups excluding tert-OH is 4. The highest BCUT2D eigenvalue weighted by Gasteiger charge is 2.28. The van der Waals surface area contributed by atoms with Crippen LogP contribution in [0.2, 0.25) is 0 Å². The molecule has 6 heteroatoms. The van der Waals surface area contributed by atoms with Gasteiger partial charge in [-0.05, 0) is 44.9 Å². The lowest BCUT2D eigenvalue weighted by molar-refractivity contribution is -0.132. The van der Waals surface area contributed by atoms with Gasteiger partial charge in [0.05, 0.1) is 18.8 Å². The van der Waals surface area contributed by atoms with Crippen molar-refractivity contribution in [3.05, 3.63) is 24.3 Å². The first-order valence-electron chi connectivity index (χ1n) is 22.2. The maximum Gasteiger partial charge on any atom is 0.249 e. The smallest absolute Gasteiger partial charge is 0.249 e. The first kappa shape index (κ1) is 49.8. The molecule has 0 aromatic carbocycles. The molecule has 0 aliphatic heterocycles. The van der Waals surface area contributed by atoms with Gasteiger partial charge in [-0.1, -0.05) is 205 Å². The van der Waals surface area contributed by atoms with Gasteiger partial charge in [-0.3, -0.25) is 4.79 Å².